The lowest BCUT2D eigenvalue weighted by molar-refractivity contribution is 0.324. The summed E-state index contributed by atoms with van der Waals surface area (Å²) >= 11 is 0. The molecule has 0 saturated heterocycles. The molecule has 0 aliphatic carbocycles. The smallest absolute Gasteiger partial charge is 0.333 e. The van der Waals surface area contributed by atoms with E-state index >= 15 is 0 Å². The van der Waals surface area contributed by atoms with E-state index in [1.54, 1.807) is 45.9 Å². The minimum atomic E-state index is -0.333. The van der Waals surface area contributed by atoms with Gasteiger partial charge in [0, 0.05) is 10.9 Å². The summed E-state index contributed by atoms with van der Waals surface area (Å²) in [4.78, 5) is 24.6. The van der Waals surface area contributed by atoms with E-state index in [1.165, 1.54) is 4.57 Å². The van der Waals surface area contributed by atoms with Gasteiger partial charge in [0.15, 0.2) is 22.8 Å². The number of hydrogen-bond acceptors (Lipinski definition) is 7. The van der Waals surface area contributed by atoms with Crippen LogP contribution >= 0.6 is 0 Å². The minimum Gasteiger partial charge on any atom is -0.493 e. The van der Waals surface area contributed by atoms with Crippen molar-refractivity contribution in [1.82, 2.24) is 29.7 Å². The van der Waals surface area contributed by atoms with Gasteiger partial charge >= 0.3 is 5.69 Å². The highest BCUT2D eigenvalue weighted by Crippen LogP contribution is 2.40. The first-order valence-electron chi connectivity index (χ1n) is 9.34. The summed E-state index contributed by atoms with van der Waals surface area (Å²) in [5.74, 6) is 1.47. The summed E-state index contributed by atoms with van der Waals surface area (Å²) in [6, 6.07) is 9.11. The zero-order valence-electron chi connectivity index (χ0n) is 17.0. The monoisotopic (exact) mass is 418 g/mol. The number of hydrogen-bond donors (Lipinski definition) is 2. The summed E-state index contributed by atoms with van der Waals surface area (Å²) in [5, 5.41) is 7.81. The number of fused-ring (bicyclic) bond motifs is 2. The maximum atomic E-state index is 12.7. The fourth-order valence-electron chi connectivity index (χ4n) is 3.55. The van der Waals surface area contributed by atoms with E-state index in [0.29, 0.717) is 45.5 Å². The molecule has 0 bridgehead atoms. The van der Waals surface area contributed by atoms with Gasteiger partial charge in [0.05, 0.1) is 50.6 Å². The largest absolute Gasteiger partial charge is 0.493 e. The molecule has 0 aliphatic rings. The third kappa shape index (κ3) is 2.96. The van der Waals surface area contributed by atoms with Crippen LogP contribution in [0.4, 0.5) is 0 Å². The molecule has 2 N–H and O–H groups in total. The maximum Gasteiger partial charge on any atom is 0.333 e. The molecule has 10 nitrogen and oxygen atoms in total. The molecule has 0 radical (unpaired) electrons. The van der Waals surface area contributed by atoms with Gasteiger partial charge in [-0.15, -0.1) is 0 Å². The molecule has 5 aromatic rings. The summed E-state index contributed by atoms with van der Waals surface area (Å²) in [5.41, 5.74) is 3.23. The van der Waals surface area contributed by atoms with Gasteiger partial charge in [0.25, 0.3) is 0 Å². The molecule has 0 amide bonds. The molecule has 5 rings (SSSR count). The Hall–Kier alpha value is -4.34. The third-order valence-electron chi connectivity index (χ3n) is 5.04. The minimum absolute atomic E-state index is 0.333. The van der Waals surface area contributed by atoms with Crippen molar-refractivity contribution in [2.75, 3.05) is 21.3 Å². The Morgan fingerprint density at radius 3 is 2.45 bits per heavy atom. The predicted molar refractivity (Wildman–Crippen MR) is 114 cm³/mol. The second-order valence-electron chi connectivity index (χ2n) is 6.75. The fraction of sp³-hybridized carbons (Fsp3) is 0.143. The molecule has 0 aliphatic heterocycles. The van der Waals surface area contributed by atoms with E-state index in [-0.39, 0.29) is 5.69 Å². The van der Waals surface area contributed by atoms with Crippen LogP contribution in [0.3, 0.4) is 0 Å². The van der Waals surface area contributed by atoms with Gasteiger partial charge in [-0.05, 0) is 30.3 Å². The first kappa shape index (κ1) is 18.7. The Balaban J connectivity index is 1.71. The van der Waals surface area contributed by atoms with Crippen LogP contribution < -0.4 is 19.9 Å². The third-order valence-corrected chi connectivity index (χ3v) is 5.04. The van der Waals surface area contributed by atoms with Crippen molar-refractivity contribution in [2.24, 2.45) is 0 Å². The second kappa shape index (κ2) is 7.17. The quantitative estimate of drug-likeness (QED) is 0.450. The average Bonchev–Trinajstić information content (AvgIpc) is 3.40. The van der Waals surface area contributed by atoms with Gasteiger partial charge in [0.2, 0.25) is 5.75 Å². The van der Waals surface area contributed by atoms with E-state index < -0.39 is 0 Å². The van der Waals surface area contributed by atoms with E-state index in [1.807, 2.05) is 18.2 Å². The number of aromatic nitrogens is 6. The lowest BCUT2D eigenvalue weighted by Gasteiger charge is -2.14. The zero-order chi connectivity index (χ0) is 21.5. The van der Waals surface area contributed by atoms with Crippen molar-refractivity contribution < 1.29 is 14.2 Å². The lowest BCUT2D eigenvalue weighted by Crippen LogP contribution is -2.14. The van der Waals surface area contributed by atoms with Crippen molar-refractivity contribution in [3.63, 3.8) is 0 Å². The van der Waals surface area contributed by atoms with E-state index in [9.17, 15) is 4.79 Å². The molecule has 2 aromatic carbocycles. The number of nitrogens with zero attached hydrogens (tertiary/aromatic N) is 4. The molecular formula is C21H18N6O4. The number of ether oxygens (including phenoxy) is 3. The van der Waals surface area contributed by atoms with Gasteiger partial charge in [-0.2, -0.15) is 5.10 Å². The molecule has 156 valence electrons. The van der Waals surface area contributed by atoms with Crippen LogP contribution in [0, 0.1) is 0 Å². The normalized spacial score (nSPS) is 11.2. The second-order valence-corrected chi connectivity index (χ2v) is 6.75. The first-order valence-corrected chi connectivity index (χ1v) is 9.34. The van der Waals surface area contributed by atoms with Gasteiger partial charge in [-0.25, -0.2) is 19.3 Å². The Labute approximate surface area is 175 Å². The molecule has 0 spiro atoms. The fourth-order valence-corrected chi connectivity index (χ4v) is 3.55. The summed E-state index contributed by atoms with van der Waals surface area (Å²) in [6.07, 6.45) is 3.29. The highest BCUT2D eigenvalue weighted by Gasteiger charge is 2.17. The van der Waals surface area contributed by atoms with Gasteiger partial charge in [-0.1, -0.05) is 0 Å². The molecule has 3 heterocycles. The molecule has 0 atom stereocenters. The Kier molecular flexibility index (Phi) is 4.32. The van der Waals surface area contributed by atoms with Crippen LogP contribution in [0.1, 0.15) is 0 Å². The van der Waals surface area contributed by atoms with Crippen LogP contribution in [0.5, 0.6) is 17.2 Å². The van der Waals surface area contributed by atoms with Crippen molar-refractivity contribution in [2.45, 2.75) is 0 Å². The first-order chi connectivity index (χ1) is 15.1. The van der Waals surface area contributed by atoms with Crippen LogP contribution in [0.2, 0.25) is 0 Å². The van der Waals surface area contributed by atoms with E-state index in [4.69, 9.17) is 19.2 Å². The standard InChI is InChI=1S/C21H18N6O4/c1-29-16-7-11(8-17(30-2)18(16)31-3)15-10-22-19-20(24-15)27(21(28)25-19)13-4-5-14-12(6-13)9-23-26-14/h4-10H,1-3H3,(H,23,26)(H,22,25,28). The molecule has 0 fully saturated rings. The van der Waals surface area contributed by atoms with Crippen LogP contribution in [-0.2, 0) is 0 Å². The molecule has 0 saturated carbocycles. The molecule has 0 unspecified atom stereocenters. The van der Waals surface area contributed by atoms with Crippen molar-refractivity contribution >= 4 is 22.2 Å². The molecular weight excluding hydrogens is 400 g/mol. The van der Waals surface area contributed by atoms with Crippen molar-refractivity contribution in [3.8, 4) is 34.2 Å². The summed E-state index contributed by atoms with van der Waals surface area (Å²) in [7, 11) is 4.64. The summed E-state index contributed by atoms with van der Waals surface area (Å²) < 4.78 is 17.7. The number of benzene rings is 2. The number of imidazole rings is 1. The lowest BCUT2D eigenvalue weighted by atomic mass is 10.1. The van der Waals surface area contributed by atoms with Gasteiger partial charge < -0.3 is 14.2 Å². The number of methoxy groups -OCH3 is 3. The van der Waals surface area contributed by atoms with Crippen LogP contribution in [-0.4, -0.2) is 51.0 Å². The van der Waals surface area contributed by atoms with Crippen LogP contribution in [0.15, 0.2) is 47.5 Å². The number of nitrogens with one attached hydrogen (secondary N) is 2. The Morgan fingerprint density at radius 1 is 0.968 bits per heavy atom. The van der Waals surface area contributed by atoms with E-state index in [0.717, 1.165) is 10.9 Å². The van der Waals surface area contributed by atoms with Crippen LogP contribution in [0.25, 0.3) is 39.1 Å². The zero-order valence-corrected chi connectivity index (χ0v) is 17.0. The predicted octanol–water partition coefficient (Wildman–Crippen LogP) is 2.68. The SMILES string of the molecule is COc1cc(-c2cnc3[nH]c(=O)n(-c4ccc5[nH]ncc5c4)c3n2)cc(OC)c1OC. The van der Waals surface area contributed by atoms with Gasteiger partial charge in [0.1, 0.15) is 0 Å². The maximum absolute atomic E-state index is 12.7. The van der Waals surface area contributed by atoms with E-state index in [2.05, 4.69) is 20.2 Å². The highest BCUT2D eigenvalue weighted by molar-refractivity contribution is 5.81. The molecule has 3 aromatic heterocycles. The highest BCUT2D eigenvalue weighted by atomic mass is 16.5. The average molecular weight is 418 g/mol. The molecule has 31 heavy (non-hydrogen) atoms. The van der Waals surface area contributed by atoms with Crippen molar-refractivity contribution in [3.05, 3.63) is 53.2 Å². The number of aromatic amines is 2. The number of rotatable bonds is 5. The summed E-state index contributed by atoms with van der Waals surface area (Å²) in [6.45, 7) is 0. The Bertz CT molecular complexity index is 1460. The molecule has 10 heteroatoms. The topological polar surface area (TPSA) is 120 Å². The number of H-pyrrole nitrogens is 2. The Morgan fingerprint density at radius 2 is 1.74 bits per heavy atom. The van der Waals surface area contributed by atoms with Crippen molar-refractivity contribution in [1.29, 1.82) is 0 Å². The van der Waals surface area contributed by atoms with Gasteiger partial charge in [-0.3, -0.25) is 10.1 Å².